The van der Waals surface area contributed by atoms with Crippen molar-refractivity contribution in [1.29, 1.82) is 0 Å². The van der Waals surface area contributed by atoms with E-state index in [2.05, 4.69) is 20.0 Å². The van der Waals surface area contributed by atoms with Crippen LogP contribution in [-0.2, 0) is 11.8 Å². The zero-order valence-electron chi connectivity index (χ0n) is 15.1. The number of nitrogens with zero attached hydrogens (tertiary/aromatic N) is 6. The largest absolute Gasteiger partial charge is 0.444 e. The summed E-state index contributed by atoms with van der Waals surface area (Å²) >= 11 is 0. The van der Waals surface area contributed by atoms with E-state index in [0.29, 0.717) is 18.9 Å². The van der Waals surface area contributed by atoms with Crippen LogP contribution in [0.5, 0.6) is 0 Å². The number of aryl methyl sites for hydroxylation is 1. The molecule has 2 aromatic heterocycles. The fraction of sp³-hybridized carbons (Fsp3) is 0.529. The molecule has 1 aliphatic rings. The highest BCUT2D eigenvalue weighted by molar-refractivity contribution is 5.68. The van der Waals surface area contributed by atoms with E-state index in [1.165, 1.54) is 0 Å². The number of rotatable bonds is 2. The SMILES string of the molecule is Cn1cnc(-c2ccc(N3CCN(C(=O)OC(C)(C)C)CC3)nc2)n1. The number of amides is 1. The lowest BCUT2D eigenvalue weighted by atomic mass is 10.2. The Morgan fingerprint density at radius 3 is 2.36 bits per heavy atom. The van der Waals surface area contributed by atoms with Gasteiger partial charge in [0, 0.05) is 45.0 Å². The summed E-state index contributed by atoms with van der Waals surface area (Å²) in [6.45, 7) is 8.34. The topological polar surface area (TPSA) is 76.4 Å². The lowest BCUT2D eigenvalue weighted by molar-refractivity contribution is 0.0240. The van der Waals surface area contributed by atoms with Crippen molar-refractivity contribution in [2.75, 3.05) is 31.1 Å². The van der Waals surface area contributed by atoms with E-state index in [1.807, 2.05) is 40.0 Å². The Morgan fingerprint density at radius 2 is 1.84 bits per heavy atom. The van der Waals surface area contributed by atoms with Gasteiger partial charge in [-0.25, -0.2) is 14.8 Å². The number of pyridine rings is 1. The first-order valence-electron chi connectivity index (χ1n) is 8.37. The molecule has 3 rings (SSSR count). The third kappa shape index (κ3) is 4.26. The Kier molecular flexibility index (Phi) is 4.61. The molecule has 1 saturated heterocycles. The molecule has 0 unspecified atom stereocenters. The highest BCUT2D eigenvalue weighted by atomic mass is 16.6. The Labute approximate surface area is 147 Å². The molecule has 2 aromatic rings. The average molecular weight is 344 g/mol. The maximum atomic E-state index is 12.1. The second kappa shape index (κ2) is 6.70. The molecule has 0 bridgehead atoms. The molecular weight excluding hydrogens is 320 g/mol. The van der Waals surface area contributed by atoms with E-state index < -0.39 is 5.60 Å². The summed E-state index contributed by atoms with van der Waals surface area (Å²) in [5.74, 6) is 1.56. The molecule has 1 aliphatic heterocycles. The van der Waals surface area contributed by atoms with Gasteiger partial charge < -0.3 is 14.5 Å². The van der Waals surface area contributed by atoms with Crippen molar-refractivity contribution in [3.05, 3.63) is 24.7 Å². The van der Waals surface area contributed by atoms with Crippen molar-refractivity contribution in [2.24, 2.45) is 7.05 Å². The Morgan fingerprint density at radius 1 is 1.12 bits per heavy atom. The van der Waals surface area contributed by atoms with Crippen molar-refractivity contribution in [1.82, 2.24) is 24.6 Å². The van der Waals surface area contributed by atoms with Gasteiger partial charge in [0.2, 0.25) is 0 Å². The molecule has 0 aromatic carbocycles. The predicted molar refractivity (Wildman–Crippen MR) is 94.3 cm³/mol. The van der Waals surface area contributed by atoms with Gasteiger partial charge >= 0.3 is 6.09 Å². The number of hydrogen-bond donors (Lipinski definition) is 0. The summed E-state index contributed by atoms with van der Waals surface area (Å²) in [7, 11) is 1.84. The summed E-state index contributed by atoms with van der Waals surface area (Å²) < 4.78 is 7.09. The predicted octanol–water partition coefficient (Wildman–Crippen LogP) is 1.93. The van der Waals surface area contributed by atoms with Gasteiger partial charge in [-0.2, -0.15) is 5.10 Å². The molecule has 8 heteroatoms. The number of carbonyl (C=O) groups excluding carboxylic acids is 1. The van der Waals surface area contributed by atoms with Crippen LogP contribution in [0, 0.1) is 0 Å². The summed E-state index contributed by atoms with van der Waals surface area (Å²) in [6.07, 6.45) is 3.20. The van der Waals surface area contributed by atoms with Gasteiger partial charge in [0.15, 0.2) is 5.82 Å². The maximum absolute atomic E-state index is 12.1. The molecule has 0 spiro atoms. The molecule has 3 heterocycles. The Balaban J connectivity index is 1.59. The minimum absolute atomic E-state index is 0.253. The fourth-order valence-electron chi connectivity index (χ4n) is 2.62. The summed E-state index contributed by atoms with van der Waals surface area (Å²) in [4.78, 5) is 24.8. The van der Waals surface area contributed by atoms with Crippen LogP contribution in [0.15, 0.2) is 24.7 Å². The minimum Gasteiger partial charge on any atom is -0.444 e. The van der Waals surface area contributed by atoms with Gasteiger partial charge in [-0.15, -0.1) is 0 Å². The zero-order chi connectivity index (χ0) is 18.0. The molecule has 0 atom stereocenters. The Bertz CT molecular complexity index is 726. The fourth-order valence-corrected chi connectivity index (χ4v) is 2.62. The molecule has 134 valence electrons. The highest BCUT2D eigenvalue weighted by Crippen LogP contribution is 2.19. The van der Waals surface area contributed by atoms with Crippen LogP contribution in [0.3, 0.4) is 0 Å². The number of piperazine rings is 1. The number of hydrogen-bond acceptors (Lipinski definition) is 6. The van der Waals surface area contributed by atoms with Crippen molar-refractivity contribution in [3.63, 3.8) is 0 Å². The second-order valence-corrected chi connectivity index (χ2v) is 7.10. The summed E-state index contributed by atoms with van der Waals surface area (Å²) in [5.41, 5.74) is 0.419. The smallest absolute Gasteiger partial charge is 0.410 e. The Hall–Kier alpha value is -2.64. The van der Waals surface area contributed by atoms with Crippen LogP contribution in [0.25, 0.3) is 11.4 Å². The lowest BCUT2D eigenvalue weighted by Gasteiger charge is -2.36. The normalized spacial score (nSPS) is 15.4. The quantitative estimate of drug-likeness (QED) is 0.829. The molecule has 0 radical (unpaired) electrons. The van der Waals surface area contributed by atoms with Crippen LogP contribution >= 0.6 is 0 Å². The number of ether oxygens (including phenoxy) is 1. The molecular formula is C17H24N6O2. The molecule has 1 amide bonds. The molecule has 25 heavy (non-hydrogen) atoms. The van der Waals surface area contributed by atoms with Crippen LogP contribution < -0.4 is 4.90 Å². The van der Waals surface area contributed by atoms with Gasteiger partial charge in [-0.05, 0) is 32.9 Å². The van der Waals surface area contributed by atoms with Crippen molar-refractivity contribution in [2.45, 2.75) is 26.4 Å². The zero-order valence-corrected chi connectivity index (χ0v) is 15.1. The molecule has 0 N–H and O–H groups in total. The number of carbonyl (C=O) groups is 1. The summed E-state index contributed by atoms with van der Waals surface area (Å²) in [6, 6.07) is 3.94. The van der Waals surface area contributed by atoms with Gasteiger partial charge in [0.05, 0.1) is 0 Å². The van der Waals surface area contributed by atoms with E-state index in [-0.39, 0.29) is 6.09 Å². The average Bonchev–Trinajstić information content (AvgIpc) is 3.00. The van der Waals surface area contributed by atoms with Gasteiger partial charge in [-0.1, -0.05) is 0 Å². The highest BCUT2D eigenvalue weighted by Gasteiger charge is 2.26. The van der Waals surface area contributed by atoms with Gasteiger partial charge in [0.25, 0.3) is 0 Å². The van der Waals surface area contributed by atoms with Gasteiger partial charge in [0.1, 0.15) is 17.7 Å². The van der Waals surface area contributed by atoms with E-state index in [9.17, 15) is 4.79 Å². The maximum Gasteiger partial charge on any atom is 0.410 e. The van der Waals surface area contributed by atoms with Crippen LogP contribution in [-0.4, -0.2) is 62.5 Å². The third-order valence-corrected chi connectivity index (χ3v) is 3.86. The van der Waals surface area contributed by atoms with Crippen molar-refractivity contribution >= 4 is 11.9 Å². The van der Waals surface area contributed by atoms with Crippen LogP contribution in [0.4, 0.5) is 10.6 Å². The monoisotopic (exact) mass is 344 g/mol. The molecule has 0 aliphatic carbocycles. The first kappa shape index (κ1) is 17.2. The van der Waals surface area contributed by atoms with Crippen LogP contribution in [0.1, 0.15) is 20.8 Å². The van der Waals surface area contributed by atoms with E-state index >= 15 is 0 Å². The first-order chi connectivity index (χ1) is 11.8. The molecule has 0 saturated carbocycles. The lowest BCUT2D eigenvalue weighted by Crippen LogP contribution is -2.50. The first-order valence-corrected chi connectivity index (χ1v) is 8.37. The van der Waals surface area contributed by atoms with E-state index in [0.717, 1.165) is 24.5 Å². The number of aromatic nitrogens is 4. The van der Waals surface area contributed by atoms with E-state index in [1.54, 1.807) is 22.1 Å². The minimum atomic E-state index is -0.467. The summed E-state index contributed by atoms with van der Waals surface area (Å²) in [5, 5.41) is 4.28. The number of anilines is 1. The second-order valence-electron chi connectivity index (χ2n) is 7.10. The van der Waals surface area contributed by atoms with Gasteiger partial charge in [-0.3, -0.25) is 4.68 Å². The molecule has 1 fully saturated rings. The molecule has 8 nitrogen and oxygen atoms in total. The standard InChI is InChI=1S/C17H24N6O2/c1-17(2,3)25-16(24)23-9-7-22(8-10-23)14-6-5-13(11-18-14)15-19-12-21(4)20-15/h5-6,11-12H,7-10H2,1-4H3. The van der Waals surface area contributed by atoms with Crippen LogP contribution in [0.2, 0.25) is 0 Å². The third-order valence-electron chi connectivity index (χ3n) is 3.86. The van der Waals surface area contributed by atoms with E-state index in [4.69, 9.17) is 4.74 Å². The van der Waals surface area contributed by atoms with Crippen molar-refractivity contribution < 1.29 is 9.53 Å². The van der Waals surface area contributed by atoms with Crippen molar-refractivity contribution in [3.8, 4) is 11.4 Å².